The topological polar surface area (TPSA) is 175 Å². The van der Waals surface area contributed by atoms with Gasteiger partial charge in [0.2, 0.25) is 11.8 Å². The van der Waals surface area contributed by atoms with Crippen LogP contribution in [0.15, 0.2) is 91.0 Å². The van der Waals surface area contributed by atoms with E-state index in [9.17, 15) is 24.3 Å². The summed E-state index contributed by atoms with van der Waals surface area (Å²) in [6.07, 6.45) is 7.00. The van der Waals surface area contributed by atoms with Gasteiger partial charge >= 0.3 is 5.97 Å². The van der Waals surface area contributed by atoms with E-state index in [0.29, 0.717) is 66.3 Å². The number of carboxylic acid groups (broad SMARTS) is 1. The van der Waals surface area contributed by atoms with Crippen molar-refractivity contribution in [3.8, 4) is 16.9 Å². The molecule has 73 heavy (non-hydrogen) atoms. The number of imide groups is 1. The molecule has 3 fully saturated rings. The van der Waals surface area contributed by atoms with E-state index in [2.05, 4.69) is 50.5 Å². The van der Waals surface area contributed by atoms with Crippen LogP contribution in [0.25, 0.3) is 32.2 Å². The van der Waals surface area contributed by atoms with E-state index in [1.54, 1.807) is 0 Å². The lowest BCUT2D eigenvalue weighted by atomic mass is 9.82. The Labute approximate surface area is 428 Å². The molecule has 16 heteroatoms. The number of aromatic nitrogens is 4. The predicted molar refractivity (Wildman–Crippen MR) is 285 cm³/mol. The number of carboxylic acids is 1. The molecule has 3 amide bonds. The van der Waals surface area contributed by atoms with E-state index in [1.807, 2.05) is 96.3 Å². The second-order valence-corrected chi connectivity index (χ2v) is 21.5. The molecule has 4 aliphatic rings. The average Bonchev–Trinajstić information content (AvgIpc) is 3.96. The van der Waals surface area contributed by atoms with Crippen molar-refractivity contribution in [2.75, 3.05) is 54.4 Å². The van der Waals surface area contributed by atoms with Gasteiger partial charge < -0.3 is 19.6 Å². The van der Waals surface area contributed by atoms with E-state index in [0.717, 1.165) is 119 Å². The van der Waals surface area contributed by atoms with Crippen molar-refractivity contribution in [3.05, 3.63) is 125 Å². The van der Waals surface area contributed by atoms with Crippen molar-refractivity contribution < 1.29 is 29.0 Å². The maximum absolute atomic E-state index is 13.7. The molecule has 1 unspecified atom stereocenters. The maximum Gasteiger partial charge on any atom is 0.355 e. The zero-order valence-corrected chi connectivity index (χ0v) is 42.4. The lowest BCUT2D eigenvalue weighted by Crippen LogP contribution is -2.47. The number of nitrogens with one attached hydrogen (secondary N) is 2. The van der Waals surface area contributed by atoms with E-state index in [4.69, 9.17) is 14.8 Å². The molecule has 1 saturated carbocycles. The third-order valence-corrected chi connectivity index (χ3v) is 16.5. The number of fused-ring (bicyclic) bond motifs is 3. The fourth-order valence-electron chi connectivity index (χ4n) is 11.7. The van der Waals surface area contributed by atoms with Crippen LogP contribution < -0.4 is 25.2 Å². The summed E-state index contributed by atoms with van der Waals surface area (Å²) in [5, 5.41) is 22.3. The van der Waals surface area contributed by atoms with Gasteiger partial charge in [0.25, 0.3) is 5.91 Å². The number of amides is 3. The number of piperidine rings is 1. The zero-order valence-electron chi connectivity index (χ0n) is 41.6. The third kappa shape index (κ3) is 10.0. The Morgan fingerprint density at radius 1 is 0.863 bits per heavy atom. The van der Waals surface area contributed by atoms with Crippen LogP contribution in [-0.4, -0.2) is 98.8 Å². The highest BCUT2D eigenvalue weighted by Gasteiger charge is 2.33. The molecule has 15 nitrogen and oxygen atoms in total. The largest absolute Gasteiger partial charge is 0.490 e. The standard InChI is InChI=1S/C57H61N9O6S/c1-34(32-64-26-28-65(29-27-64)38-16-19-43-47(31-38)63(3)62-52(43)44-21-23-51(67)60-55(44)69)30-36-14-17-39(18-15-36)72-48-12-7-9-40(35(48)2)41-20-22-50(59-53(41)56(70)71)66-25-24-37-8-6-10-42(45(37)33-66)54(68)61-57-58-46-11-4-5-13-49(46)73-57/h4-13,16,19-20,22,31,34,36,39,44H,14-15,17-18,21,23-30,32-33H2,1-3H3,(H,70,71)(H,58,61,68)(H,60,67,69)/t34-,36-,39-,44?/m0/s1. The summed E-state index contributed by atoms with van der Waals surface area (Å²) < 4.78 is 9.57. The Balaban J connectivity index is 0.672. The summed E-state index contributed by atoms with van der Waals surface area (Å²) >= 11 is 1.44. The van der Waals surface area contributed by atoms with Gasteiger partial charge in [-0.3, -0.25) is 34.6 Å². The number of pyridine rings is 1. The van der Waals surface area contributed by atoms with Gasteiger partial charge in [0, 0.05) is 81.5 Å². The SMILES string of the molecule is Cc1c(O[C@H]2CC[C@H](C[C@H](C)CN3CCN(c4ccc5c(C6CCC(=O)NC6=O)nn(C)c5c4)CC3)CC2)cccc1-c1ccc(N2CCc3cccc(C(=O)Nc4nc5ccccc5s4)c3C2)nc1C(=O)O. The highest BCUT2D eigenvalue weighted by Crippen LogP contribution is 2.38. The zero-order chi connectivity index (χ0) is 50.3. The van der Waals surface area contributed by atoms with Gasteiger partial charge in [0.05, 0.1) is 33.4 Å². The van der Waals surface area contributed by atoms with Gasteiger partial charge in [-0.05, 0) is 141 Å². The van der Waals surface area contributed by atoms with Crippen LogP contribution in [0.2, 0.25) is 0 Å². The normalized spacial score (nSPS) is 20.0. The first-order valence-corrected chi connectivity index (χ1v) is 26.5. The summed E-state index contributed by atoms with van der Waals surface area (Å²) in [5.41, 5.74) is 8.49. The smallest absolute Gasteiger partial charge is 0.355 e. The van der Waals surface area contributed by atoms with Gasteiger partial charge in [-0.15, -0.1) is 0 Å². The van der Waals surface area contributed by atoms with E-state index in [-0.39, 0.29) is 29.5 Å². The van der Waals surface area contributed by atoms with Crippen LogP contribution >= 0.6 is 11.3 Å². The number of para-hydroxylation sites is 1. The van der Waals surface area contributed by atoms with Gasteiger partial charge in [-0.25, -0.2) is 14.8 Å². The first-order chi connectivity index (χ1) is 35.4. The molecule has 11 rings (SSSR count). The molecule has 0 radical (unpaired) electrons. The number of thiazole rings is 1. The third-order valence-electron chi connectivity index (χ3n) is 15.6. The molecule has 6 heterocycles. The van der Waals surface area contributed by atoms with Crippen molar-refractivity contribution in [2.24, 2.45) is 18.9 Å². The molecule has 3 aliphatic heterocycles. The quantitative estimate of drug-likeness (QED) is 0.0936. The Morgan fingerprint density at radius 3 is 2.47 bits per heavy atom. The maximum atomic E-state index is 13.7. The molecule has 3 N–H and O–H groups in total. The van der Waals surface area contributed by atoms with E-state index in [1.165, 1.54) is 17.8 Å². The summed E-state index contributed by atoms with van der Waals surface area (Å²) in [6.45, 7) is 10.4. The lowest BCUT2D eigenvalue weighted by molar-refractivity contribution is -0.134. The number of ether oxygens (including phenoxy) is 1. The van der Waals surface area contributed by atoms with Crippen LogP contribution in [0.1, 0.15) is 101 Å². The highest BCUT2D eigenvalue weighted by molar-refractivity contribution is 7.22. The second-order valence-electron chi connectivity index (χ2n) is 20.5. The van der Waals surface area contributed by atoms with Gasteiger partial charge in [-0.1, -0.05) is 54.7 Å². The number of carbonyl (C=O) groups is 4. The van der Waals surface area contributed by atoms with Crippen LogP contribution in [0.3, 0.4) is 0 Å². The Kier molecular flexibility index (Phi) is 13.4. The van der Waals surface area contributed by atoms with Gasteiger partial charge in [0.15, 0.2) is 10.8 Å². The first-order valence-electron chi connectivity index (χ1n) is 25.7. The van der Waals surface area contributed by atoms with Crippen LogP contribution in [0.5, 0.6) is 5.75 Å². The Hall–Kier alpha value is -7.17. The average molecular weight is 1000 g/mol. The van der Waals surface area contributed by atoms with E-state index >= 15 is 0 Å². The molecule has 0 spiro atoms. The van der Waals surface area contributed by atoms with Crippen molar-refractivity contribution in [2.45, 2.75) is 83.8 Å². The van der Waals surface area contributed by atoms with E-state index < -0.39 is 11.9 Å². The van der Waals surface area contributed by atoms with Crippen molar-refractivity contribution in [1.29, 1.82) is 0 Å². The van der Waals surface area contributed by atoms with Crippen LogP contribution in [0.4, 0.5) is 16.6 Å². The molecule has 2 saturated heterocycles. The number of hydrogen-bond donors (Lipinski definition) is 3. The number of aromatic carboxylic acids is 1. The fourth-order valence-corrected chi connectivity index (χ4v) is 12.6. The minimum Gasteiger partial charge on any atom is -0.490 e. The molecule has 3 aromatic heterocycles. The van der Waals surface area contributed by atoms with Gasteiger partial charge in [0.1, 0.15) is 11.6 Å². The number of rotatable bonds is 13. The summed E-state index contributed by atoms with van der Waals surface area (Å²) in [4.78, 5) is 67.4. The first kappa shape index (κ1) is 48.1. The molecule has 7 aromatic rings. The lowest BCUT2D eigenvalue weighted by Gasteiger charge is -2.38. The minimum atomic E-state index is -1.10. The number of piperazine rings is 1. The molecule has 4 aromatic carbocycles. The predicted octanol–water partition coefficient (Wildman–Crippen LogP) is 9.37. The molecule has 376 valence electrons. The summed E-state index contributed by atoms with van der Waals surface area (Å²) in [7, 11) is 1.92. The molecule has 2 atom stereocenters. The van der Waals surface area contributed by atoms with Gasteiger partial charge in [-0.2, -0.15) is 5.10 Å². The monoisotopic (exact) mass is 999 g/mol. The van der Waals surface area contributed by atoms with Crippen LogP contribution in [0, 0.1) is 18.8 Å². The summed E-state index contributed by atoms with van der Waals surface area (Å²) in [5.74, 6) is 0.339. The Bertz CT molecular complexity index is 3230. The fraction of sp³-hybridized carbons (Fsp3) is 0.386. The van der Waals surface area contributed by atoms with Crippen molar-refractivity contribution in [1.82, 2.24) is 30.0 Å². The number of carbonyl (C=O) groups excluding carboxylic acids is 3. The Morgan fingerprint density at radius 2 is 1.67 bits per heavy atom. The minimum absolute atomic E-state index is 0.0204. The second kappa shape index (κ2) is 20.4. The van der Waals surface area contributed by atoms with Crippen molar-refractivity contribution >= 4 is 72.8 Å². The van der Waals surface area contributed by atoms with Crippen LogP contribution in [-0.2, 0) is 29.6 Å². The molecule has 1 aliphatic carbocycles. The number of benzene rings is 4. The molecule has 0 bridgehead atoms. The highest BCUT2D eigenvalue weighted by atomic mass is 32.1. The molecular weight excluding hydrogens is 939 g/mol. The number of hydrogen-bond acceptors (Lipinski definition) is 12. The summed E-state index contributed by atoms with van der Waals surface area (Å²) in [6, 6.07) is 29.6. The van der Waals surface area contributed by atoms with Crippen molar-refractivity contribution in [3.63, 3.8) is 0 Å². The number of anilines is 3. The molecular formula is C57H61N9O6S. The number of aryl methyl sites for hydroxylation is 1. The number of nitrogens with zero attached hydrogens (tertiary/aromatic N) is 7.